The van der Waals surface area contributed by atoms with Crippen molar-refractivity contribution in [1.82, 2.24) is 20.5 Å². The van der Waals surface area contributed by atoms with E-state index in [9.17, 15) is 9.59 Å². The van der Waals surface area contributed by atoms with Crippen molar-refractivity contribution in [3.8, 4) is 0 Å². The summed E-state index contributed by atoms with van der Waals surface area (Å²) in [6.07, 6.45) is 0. The number of thioether (sulfide) groups is 1. The van der Waals surface area contributed by atoms with Crippen LogP contribution in [0.25, 0.3) is 0 Å². The van der Waals surface area contributed by atoms with E-state index in [0.29, 0.717) is 21.6 Å². The number of nitrogens with one attached hydrogen (secondary N) is 3. The van der Waals surface area contributed by atoms with Gasteiger partial charge in [-0.15, -0.1) is 5.10 Å². The molecule has 0 aliphatic heterocycles. The molecule has 3 N–H and O–H groups in total. The quantitative estimate of drug-likeness (QED) is 0.298. The predicted molar refractivity (Wildman–Crippen MR) is 127 cm³/mol. The van der Waals surface area contributed by atoms with Crippen molar-refractivity contribution in [3.63, 3.8) is 0 Å². The molecule has 0 aliphatic carbocycles. The number of halogens is 2. The van der Waals surface area contributed by atoms with E-state index in [-0.39, 0.29) is 24.1 Å². The number of benzene rings is 2. The lowest BCUT2D eigenvalue weighted by Gasteiger charge is -2.11. The number of hydrogen-bond donors (Lipinski definition) is 3. The molecule has 0 spiro atoms. The summed E-state index contributed by atoms with van der Waals surface area (Å²) in [4.78, 5) is 28.7. The molecular formula is C20H19ClIN5O2S. The highest BCUT2D eigenvalue weighted by Crippen LogP contribution is 2.23. The minimum absolute atomic E-state index is 0.130. The molecule has 0 bridgehead atoms. The lowest BCUT2D eigenvalue weighted by atomic mass is 10.1. The van der Waals surface area contributed by atoms with E-state index < -0.39 is 0 Å². The van der Waals surface area contributed by atoms with E-state index in [0.717, 1.165) is 20.4 Å². The molecule has 0 saturated carbocycles. The summed E-state index contributed by atoms with van der Waals surface area (Å²) >= 11 is 9.30. The number of aryl methyl sites for hydroxylation is 2. The maximum atomic E-state index is 12.3. The van der Waals surface area contributed by atoms with E-state index in [1.54, 1.807) is 24.3 Å². The highest BCUT2D eigenvalue weighted by atomic mass is 127. The first-order chi connectivity index (χ1) is 14.3. The van der Waals surface area contributed by atoms with Crippen molar-refractivity contribution in [2.24, 2.45) is 0 Å². The van der Waals surface area contributed by atoms with Gasteiger partial charge in [0, 0.05) is 19.8 Å². The van der Waals surface area contributed by atoms with Gasteiger partial charge in [0.1, 0.15) is 5.82 Å². The van der Waals surface area contributed by atoms with Crippen molar-refractivity contribution < 1.29 is 9.59 Å². The van der Waals surface area contributed by atoms with Crippen molar-refractivity contribution in [2.75, 3.05) is 11.1 Å². The van der Waals surface area contributed by atoms with Crippen molar-refractivity contribution in [1.29, 1.82) is 0 Å². The van der Waals surface area contributed by atoms with Gasteiger partial charge in [-0.05, 0) is 84.0 Å². The highest BCUT2D eigenvalue weighted by Gasteiger charge is 2.12. The molecule has 0 fully saturated rings. The highest BCUT2D eigenvalue weighted by molar-refractivity contribution is 14.1. The fourth-order valence-electron chi connectivity index (χ4n) is 2.70. The fourth-order valence-corrected chi connectivity index (χ4v) is 4.38. The minimum Gasteiger partial charge on any atom is -0.345 e. The monoisotopic (exact) mass is 555 g/mol. The molecule has 156 valence electrons. The Labute approximate surface area is 196 Å². The Morgan fingerprint density at radius 1 is 1.17 bits per heavy atom. The van der Waals surface area contributed by atoms with Crippen LogP contribution in [0.4, 0.5) is 5.69 Å². The molecule has 1 aromatic heterocycles. The SMILES string of the molecule is Cc1cc(I)cc(C)c1NC(=O)CSc1n[nH]c(CNC(=O)c2ccc(Cl)cc2)n1. The Morgan fingerprint density at radius 2 is 1.83 bits per heavy atom. The molecule has 1 heterocycles. The van der Waals surface area contributed by atoms with Gasteiger partial charge in [0.15, 0.2) is 0 Å². The molecule has 3 rings (SSSR count). The molecule has 0 saturated heterocycles. The third-order valence-corrected chi connectivity index (χ3v) is 5.85. The summed E-state index contributed by atoms with van der Waals surface area (Å²) in [6, 6.07) is 10.7. The Bertz CT molecular complexity index is 1050. The zero-order valence-electron chi connectivity index (χ0n) is 16.3. The number of carbonyl (C=O) groups excluding carboxylic acids is 2. The van der Waals surface area contributed by atoms with Gasteiger partial charge in [-0.3, -0.25) is 14.7 Å². The molecule has 0 radical (unpaired) electrons. The van der Waals surface area contributed by atoms with E-state index >= 15 is 0 Å². The predicted octanol–water partition coefficient (Wildman–Crippen LogP) is 4.34. The molecule has 3 aromatic rings. The van der Waals surface area contributed by atoms with E-state index in [1.165, 1.54) is 11.8 Å². The van der Waals surface area contributed by atoms with Crippen LogP contribution in [-0.4, -0.2) is 32.7 Å². The molecule has 0 atom stereocenters. The summed E-state index contributed by atoms with van der Waals surface area (Å²) in [7, 11) is 0. The number of H-pyrrole nitrogens is 1. The maximum absolute atomic E-state index is 12.3. The zero-order chi connectivity index (χ0) is 21.7. The summed E-state index contributed by atoms with van der Waals surface area (Å²) in [6.45, 7) is 4.14. The van der Waals surface area contributed by atoms with Gasteiger partial charge < -0.3 is 10.6 Å². The standard InChI is InChI=1S/C20H19ClIN5O2S/c1-11-7-15(22)8-12(2)18(11)25-17(28)10-30-20-24-16(26-27-20)9-23-19(29)13-3-5-14(21)6-4-13/h3-8H,9-10H2,1-2H3,(H,23,29)(H,25,28)(H,24,26,27). The first-order valence-electron chi connectivity index (χ1n) is 8.96. The van der Waals surface area contributed by atoms with Crippen LogP contribution in [0.2, 0.25) is 5.02 Å². The van der Waals surface area contributed by atoms with Gasteiger partial charge in [0.25, 0.3) is 5.91 Å². The second-order valence-corrected chi connectivity index (χ2v) is 9.13. The van der Waals surface area contributed by atoms with Gasteiger partial charge in [0.2, 0.25) is 11.1 Å². The largest absolute Gasteiger partial charge is 0.345 e. The third kappa shape index (κ3) is 6.19. The van der Waals surface area contributed by atoms with Gasteiger partial charge in [-0.2, -0.15) is 0 Å². The maximum Gasteiger partial charge on any atom is 0.251 e. The normalized spacial score (nSPS) is 10.7. The molecule has 10 heteroatoms. The van der Waals surface area contributed by atoms with Crippen LogP contribution in [0.15, 0.2) is 41.6 Å². The van der Waals surface area contributed by atoms with Crippen LogP contribution < -0.4 is 10.6 Å². The molecule has 30 heavy (non-hydrogen) atoms. The first kappa shape index (κ1) is 22.6. The van der Waals surface area contributed by atoms with Gasteiger partial charge in [0.05, 0.1) is 12.3 Å². The average molecular weight is 556 g/mol. The average Bonchev–Trinajstić information content (AvgIpc) is 3.16. The van der Waals surface area contributed by atoms with Crippen LogP contribution in [0.1, 0.15) is 27.3 Å². The number of anilines is 1. The summed E-state index contributed by atoms with van der Waals surface area (Å²) < 4.78 is 1.13. The van der Waals surface area contributed by atoms with Crippen LogP contribution in [0, 0.1) is 17.4 Å². The molecule has 0 aliphatic rings. The second-order valence-electron chi connectivity index (χ2n) is 6.51. The fraction of sp³-hybridized carbons (Fsp3) is 0.200. The number of carbonyl (C=O) groups is 2. The Kier molecular flexibility index (Phi) is 7.73. The van der Waals surface area contributed by atoms with E-state index in [1.807, 2.05) is 26.0 Å². The summed E-state index contributed by atoms with van der Waals surface area (Å²) in [5.74, 6) is 0.318. The zero-order valence-corrected chi connectivity index (χ0v) is 20.0. The summed E-state index contributed by atoms with van der Waals surface area (Å²) in [5, 5.41) is 13.6. The van der Waals surface area contributed by atoms with Crippen LogP contribution >= 0.6 is 46.0 Å². The second kappa shape index (κ2) is 10.3. The first-order valence-corrected chi connectivity index (χ1v) is 11.4. The number of amides is 2. The molecule has 2 amide bonds. The van der Waals surface area contributed by atoms with Gasteiger partial charge in [-0.25, -0.2) is 4.98 Å². The molecule has 0 unspecified atom stereocenters. The molecule has 7 nitrogen and oxygen atoms in total. The number of nitrogens with zero attached hydrogens (tertiary/aromatic N) is 2. The third-order valence-electron chi connectivity index (χ3n) is 4.13. The van der Waals surface area contributed by atoms with Crippen molar-refractivity contribution >= 4 is 63.5 Å². The van der Waals surface area contributed by atoms with E-state index in [2.05, 4.69) is 48.4 Å². The number of rotatable bonds is 7. The van der Waals surface area contributed by atoms with Gasteiger partial charge >= 0.3 is 0 Å². The number of aromatic amines is 1. The minimum atomic E-state index is -0.236. The Morgan fingerprint density at radius 3 is 2.50 bits per heavy atom. The lowest BCUT2D eigenvalue weighted by molar-refractivity contribution is -0.113. The van der Waals surface area contributed by atoms with Crippen molar-refractivity contribution in [2.45, 2.75) is 25.5 Å². The lowest BCUT2D eigenvalue weighted by Crippen LogP contribution is -2.23. The number of aromatic nitrogens is 3. The van der Waals surface area contributed by atoms with Crippen molar-refractivity contribution in [3.05, 3.63) is 67.5 Å². The van der Waals surface area contributed by atoms with Crippen LogP contribution in [-0.2, 0) is 11.3 Å². The summed E-state index contributed by atoms with van der Waals surface area (Å²) in [5.41, 5.74) is 3.39. The van der Waals surface area contributed by atoms with Crippen LogP contribution in [0.5, 0.6) is 0 Å². The van der Waals surface area contributed by atoms with Gasteiger partial charge in [-0.1, -0.05) is 23.4 Å². The molecular weight excluding hydrogens is 537 g/mol. The van der Waals surface area contributed by atoms with E-state index in [4.69, 9.17) is 11.6 Å². The number of hydrogen-bond acceptors (Lipinski definition) is 5. The van der Waals surface area contributed by atoms with Crippen LogP contribution in [0.3, 0.4) is 0 Å². The topological polar surface area (TPSA) is 99.8 Å². The Balaban J connectivity index is 1.49. The smallest absolute Gasteiger partial charge is 0.251 e. The Hall–Kier alpha value is -2.11. The molecule has 2 aromatic carbocycles.